The first-order valence-electron chi connectivity index (χ1n) is 7.63. The fourth-order valence-electron chi connectivity index (χ4n) is 2.56. The second-order valence-electron chi connectivity index (χ2n) is 5.50. The molecule has 7 nitrogen and oxygen atoms in total. The highest BCUT2D eigenvalue weighted by molar-refractivity contribution is 9.10. The van der Waals surface area contributed by atoms with Crippen molar-refractivity contribution in [3.8, 4) is 0 Å². The molecule has 2 aromatic carbocycles. The van der Waals surface area contributed by atoms with Gasteiger partial charge in [-0.25, -0.2) is 0 Å². The van der Waals surface area contributed by atoms with Crippen molar-refractivity contribution in [2.24, 2.45) is 0 Å². The Bertz CT molecular complexity index is 872. The third-order valence-corrected chi connectivity index (χ3v) is 4.17. The first kappa shape index (κ1) is 20.6. The number of benzene rings is 2. The van der Waals surface area contributed by atoms with Gasteiger partial charge in [-0.05, 0) is 30.7 Å². The van der Waals surface area contributed by atoms with Gasteiger partial charge >= 0.3 is 6.18 Å². The molecule has 0 saturated heterocycles. The van der Waals surface area contributed by atoms with E-state index in [4.69, 9.17) is 0 Å². The zero-order valence-corrected chi connectivity index (χ0v) is 15.5. The minimum Gasteiger partial charge on any atom is -0.335 e. The average Bonchev–Trinajstić information content (AvgIpc) is 2.58. The Labute approximate surface area is 159 Å². The molecular weight excluding hydrogens is 435 g/mol. The number of hydrogen-bond acceptors (Lipinski definition) is 5. The Balaban J connectivity index is 2.85. The van der Waals surface area contributed by atoms with Crippen molar-refractivity contribution in [1.29, 1.82) is 0 Å². The van der Waals surface area contributed by atoms with Gasteiger partial charge in [0.1, 0.15) is 5.69 Å². The number of rotatable bonds is 6. The van der Waals surface area contributed by atoms with Gasteiger partial charge in [0.2, 0.25) is 0 Å². The third-order valence-electron chi connectivity index (χ3n) is 3.64. The van der Waals surface area contributed by atoms with Crippen molar-refractivity contribution in [1.82, 2.24) is 0 Å². The fraction of sp³-hybridized carbons (Fsp3) is 0.250. The van der Waals surface area contributed by atoms with Crippen LogP contribution in [-0.2, 0) is 6.18 Å². The number of nitrogens with zero attached hydrogens (tertiary/aromatic N) is 3. The molecule has 11 heteroatoms. The van der Waals surface area contributed by atoms with Crippen LogP contribution < -0.4 is 4.90 Å². The van der Waals surface area contributed by atoms with E-state index < -0.39 is 38.6 Å². The minimum absolute atomic E-state index is 0.0450. The van der Waals surface area contributed by atoms with Crippen LogP contribution in [0.15, 0.2) is 40.9 Å². The van der Waals surface area contributed by atoms with Gasteiger partial charge in [0.25, 0.3) is 11.4 Å². The van der Waals surface area contributed by atoms with Gasteiger partial charge < -0.3 is 4.90 Å². The normalized spacial score (nSPS) is 11.3. The molecule has 0 atom stereocenters. The Hall–Kier alpha value is -2.69. The first-order valence-corrected chi connectivity index (χ1v) is 8.42. The number of anilines is 2. The number of nitro groups is 2. The van der Waals surface area contributed by atoms with Crippen molar-refractivity contribution < 1.29 is 23.0 Å². The summed E-state index contributed by atoms with van der Waals surface area (Å²) in [5, 5.41) is 22.4. The molecule has 2 rings (SSSR count). The molecule has 0 aromatic heterocycles. The van der Waals surface area contributed by atoms with Gasteiger partial charge in [-0.3, -0.25) is 20.2 Å². The van der Waals surface area contributed by atoms with Gasteiger partial charge in [0.15, 0.2) is 0 Å². The van der Waals surface area contributed by atoms with E-state index in [0.29, 0.717) is 28.7 Å². The molecule has 2 aromatic rings. The Morgan fingerprint density at radius 1 is 1.07 bits per heavy atom. The summed E-state index contributed by atoms with van der Waals surface area (Å²) in [5.41, 5.74) is -3.83. The molecule has 0 amide bonds. The summed E-state index contributed by atoms with van der Waals surface area (Å²) in [6, 6.07) is 7.05. The predicted octanol–water partition coefficient (Wildman–Crippen LogP) is 5.83. The predicted molar refractivity (Wildman–Crippen MR) is 96.2 cm³/mol. The number of nitro benzene ring substituents is 2. The van der Waals surface area contributed by atoms with E-state index in [1.54, 1.807) is 19.1 Å². The van der Waals surface area contributed by atoms with E-state index in [2.05, 4.69) is 15.9 Å². The van der Waals surface area contributed by atoms with Gasteiger partial charge in [0.05, 0.1) is 21.5 Å². The minimum atomic E-state index is -5.02. The number of hydrogen-bond donors (Lipinski definition) is 0. The first-order chi connectivity index (χ1) is 12.6. The molecule has 0 N–H and O–H groups in total. The largest absolute Gasteiger partial charge is 0.418 e. The van der Waals surface area contributed by atoms with Crippen LogP contribution in [0, 0.1) is 20.2 Å². The molecule has 0 saturated carbocycles. The second kappa shape index (κ2) is 7.91. The van der Waals surface area contributed by atoms with Crippen LogP contribution in [0.3, 0.4) is 0 Å². The topological polar surface area (TPSA) is 89.5 Å². The maximum Gasteiger partial charge on any atom is 0.418 e. The maximum atomic E-state index is 13.6. The van der Waals surface area contributed by atoms with Gasteiger partial charge in [-0.2, -0.15) is 13.2 Å². The van der Waals surface area contributed by atoms with Crippen molar-refractivity contribution >= 4 is 38.7 Å². The zero-order valence-electron chi connectivity index (χ0n) is 13.9. The quantitative estimate of drug-likeness (QED) is 0.410. The molecule has 0 bridgehead atoms. The molecule has 0 radical (unpaired) electrons. The highest BCUT2D eigenvalue weighted by Crippen LogP contribution is 2.46. The van der Waals surface area contributed by atoms with Gasteiger partial charge in [-0.15, -0.1) is 0 Å². The standard InChI is InChI=1S/C16H13BrF3N3O4/c1-2-7-21(11-5-3-10(17)4-6-11)15-13(16(18,19)20)8-12(22(24)25)9-14(15)23(26)27/h3-6,8-9H,2,7H2,1H3. The van der Waals surface area contributed by atoms with Crippen LogP contribution in [0.4, 0.5) is 35.9 Å². The Kier molecular flexibility index (Phi) is 6.04. The van der Waals surface area contributed by atoms with Crippen molar-refractivity contribution in [2.45, 2.75) is 19.5 Å². The third kappa shape index (κ3) is 4.54. The van der Waals surface area contributed by atoms with Crippen LogP contribution in [0.5, 0.6) is 0 Å². The molecule has 27 heavy (non-hydrogen) atoms. The molecule has 0 fully saturated rings. The van der Waals surface area contributed by atoms with Crippen LogP contribution in [0.25, 0.3) is 0 Å². The van der Waals surface area contributed by atoms with Gasteiger partial charge in [-0.1, -0.05) is 22.9 Å². The second-order valence-corrected chi connectivity index (χ2v) is 6.42. The van der Waals surface area contributed by atoms with E-state index in [9.17, 15) is 33.4 Å². The molecule has 0 spiro atoms. The van der Waals surface area contributed by atoms with E-state index in [0.717, 1.165) is 4.90 Å². The van der Waals surface area contributed by atoms with E-state index in [1.165, 1.54) is 12.1 Å². The summed E-state index contributed by atoms with van der Waals surface area (Å²) in [6.07, 6.45) is -4.63. The summed E-state index contributed by atoms with van der Waals surface area (Å²) >= 11 is 3.22. The molecule has 0 aliphatic heterocycles. The summed E-state index contributed by atoms with van der Waals surface area (Å²) in [4.78, 5) is 21.4. The smallest absolute Gasteiger partial charge is 0.335 e. The lowest BCUT2D eigenvalue weighted by molar-refractivity contribution is -0.394. The molecular formula is C16H13BrF3N3O4. The highest BCUT2D eigenvalue weighted by atomic mass is 79.9. The lowest BCUT2D eigenvalue weighted by atomic mass is 10.1. The monoisotopic (exact) mass is 447 g/mol. The van der Waals surface area contributed by atoms with Crippen LogP contribution in [-0.4, -0.2) is 16.4 Å². The summed E-state index contributed by atoms with van der Waals surface area (Å²) in [7, 11) is 0. The molecule has 0 unspecified atom stereocenters. The highest BCUT2D eigenvalue weighted by Gasteiger charge is 2.41. The number of alkyl halides is 3. The molecule has 144 valence electrons. The van der Waals surface area contributed by atoms with Crippen LogP contribution in [0.2, 0.25) is 0 Å². The van der Waals surface area contributed by atoms with Crippen molar-refractivity contribution in [2.75, 3.05) is 11.4 Å². The SMILES string of the molecule is CCCN(c1ccc(Br)cc1)c1c([N+](=O)[O-])cc([N+](=O)[O-])cc1C(F)(F)F. The van der Waals surface area contributed by atoms with Crippen molar-refractivity contribution in [3.63, 3.8) is 0 Å². The molecule has 0 heterocycles. The van der Waals surface area contributed by atoms with Crippen molar-refractivity contribution in [3.05, 3.63) is 66.7 Å². The summed E-state index contributed by atoms with van der Waals surface area (Å²) < 4.78 is 41.6. The van der Waals surface area contributed by atoms with E-state index >= 15 is 0 Å². The Morgan fingerprint density at radius 3 is 2.11 bits per heavy atom. The maximum absolute atomic E-state index is 13.6. The van der Waals surface area contributed by atoms with E-state index in [1.807, 2.05) is 0 Å². The number of non-ortho nitro benzene ring substituents is 1. The molecule has 0 aliphatic carbocycles. The fourth-order valence-corrected chi connectivity index (χ4v) is 2.83. The van der Waals surface area contributed by atoms with Crippen LogP contribution >= 0.6 is 15.9 Å². The number of halogens is 4. The summed E-state index contributed by atoms with van der Waals surface area (Å²) in [6.45, 7) is 1.75. The summed E-state index contributed by atoms with van der Waals surface area (Å²) in [5.74, 6) is 0. The average molecular weight is 448 g/mol. The Morgan fingerprint density at radius 2 is 1.67 bits per heavy atom. The lowest BCUT2D eigenvalue weighted by Crippen LogP contribution is -2.23. The molecule has 0 aliphatic rings. The van der Waals surface area contributed by atoms with Gasteiger partial charge in [0, 0.05) is 22.8 Å². The zero-order chi connectivity index (χ0) is 20.4. The van der Waals surface area contributed by atoms with E-state index in [-0.39, 0.29) is 6.54 Å². The lowest BCUT2D eigenvalue weighted by Gasteiger charge is -2.27. The van der Waals surface area contributed by atoms with Crippen LogP contribution in [0.1, 0.15) is 18.9 Å².